The highest BCUT2D eigenvalue weighted by Crippen LogP contribution is 2.08. The largest absolute Gasteiger partial charge is 0.377 e. The van der Waals surface area contributed by atoms with Crippen molar-refractivity contribution in [2.45, 2.75) is 45.9 Å². The van der Waals surface area contributed by atoms with Crippen LogP contribution in [0.4, 0.5) is 0 Å². The topological polar surface area (TPSA) is 39.1 Å². The molecule has 0 amide bonds. The van der Waals surface area contributed by atoms with Crippen LogP contribution in [0, 0.1) is 0 Å². The normalized spacial score (nSPS) is 15.3. The Morgan fingerprint density at radius 2 is 2.06 bits per heavy atom. The molecule has 0 aliphatic carbocycles. The molecule has 0 aliphatic heterocycles. The van der Waals surface area contributed by atoms with E-state index in [0.29, 0.717) is 18.2 Å². The van der Waals surface area contributed by atoms with E-state index in [0.717, 1.165) is 13.2 Å². The van der Waals surface area contributed by atoms with Crippen molar-refractivity contribution in [1.82, 2.24) is 15.1 Å². The molecule has 0 fully saturated rings. The van der Waals surface area contributed by atoms with E-state index in [1.807, 2.05) is 23.1 Å². The van der Waals surface area contributed by atoms with Crippen LogP contribution in [-0.4, -0.2) is 35.1 Å². The summed E-state index contributed by atoms with van der Waals surface area (Å²) in [7, 11) is 0. The quantitative estimate of drug-likeness (QED) is 0.720. The lowest BCUT2D eigenvalue weighted by atomic mass is 10.2. The van der Waals surface area contributed by atoms with E-state index < -0.39 is 0 Å². The molecule has 4 heteroatoms. The zero-order valence-corrected chi connectivity index (χ0v) is 10.7. The smallest absolute Gasteiger partial charge is 0.0641 e. The van der Waals surface area contributed by atoms with E-state index >= 15 is 0 Å². The Kier molecular flexibility index (Phi) is 5.49. The molecule has 1 rings (SSSR count). The summed E-state index contributed by atoms with van der Waals surface area (Å²) in [5, 5.41) is 7.68. The third-order valence-corrected chi connectivity index (χ3v) is 2.69. The van der Waals surface area contributed by atoms with Crippen LogP contribution in [-0.2, 0) is 4.74 Å². The molecule has 0 unspecified atom stereocenters. The van der Waals surface area contributed by atoms with Gasteiger partial charge >= 0.3 is 0 Å². The standard InChI is InChI=1S/C12H23N3O/c1-10(2)16-9-7-13-11(3)12(4)15-8-5-6-14-15/h5-6,8,10-13H,7,9H2,1-4H3/t11-,12-/m1/s1. The second kappa shape index (κ2) is 6.66. The predicted molar refractivity (Wildman–Crippen MR) is 65.5 cm³/mol. The first-order valence-electron chi connectivity index (χ1n) is 5.95. The highest BCUT2D eigenvalue weighted by molar-refractivity contribution is 4.83. The summed E-state index contributed by atoms with van der Waals surface area (Å²) >= 11 is 0. The number of nitrogens with one attached hydrogen (secondary N) is 1. The van der Waals surface area contributed by atoms with Gasteiger partial charge < -0.3 is 10.1 Å². The van der Waals surface area contributed by atoms with Crippen molar-refractivity contribution in [3.63, 3.8) is 0 Å². The third kappa shape index (κ3) is 4.33. The molecule has 1 N–H and O–H groups in total. The molecule has 0 aliphatic rings. The fourth-order valence-electron chi connectivity index (χ4n) is 1.50. The third-order valence-electron chi connectivity index (χ3n) is 2.69. The molecule has 0 bridgehead atoms. The second-order valence-electron chi connectivity index (χ2n) is 4.39. The van der Waals surface area contributed by atoms with E-state index in [-0.39, 0.29) is 0 Å². The van der Waals surface area contributed by atoms with Crippen LogP contribution in [0.1, 0.15) is 33.7 Å². The molecule has 1 aromatic rings. The molecule has 0 aromatic carbocycles. The minimum atomic E-state index is 0.306. The first kappa shape index (κ1) is 13.2. The number of ether oxygens (including phenoxy) is 1. The van der Waals surface area contributed by atoms with Crippen LogP contribution in [0.25, 0.3) is 0 Å². The van der Waals surface area contributed by atoms with Crippen molar-refractivity contribution >= 4 is 0 Å². The first-order valence-corrected chi connectivity index (χ1v) is 5.95. The zero-order chi connectivity index (χ0) is 12.0. The van der Waals surface area contributed by atoms with Crippen LogP contribution < -0.4 is 5.32 Å². The average Bonchev–Trinajstić information content (AvgIpc) is 2.76. The zero-order valence-electron chi connectivity index (χ0n) is 10.7. The van der Waals surface area contributed by atoms with E-state index in [1.165, 1.54) is 0 Å². The molecule has 0 saturated heterocycles. The monoisotopic (exact) mass is 225 g/mol. The number of hydrogen-bond donors (Lipinski definition) is 1. The first-order chi connectivity index (χ1) is 7.61. The number of nitrogens with zero attached hydrogens (tertiary/aromatic N) is 2. The van der Waals surface area contributed by atoms with Gasteiger partial charge in [-0.25, -0.2) is 0 Å². The number of hydrogen-bond acceptors (Lipinski definition) is 3. The van der Waals surface area contributed by atoms with Crippen molar-refractivity contribution in [2.75, 3.05) is 13.2 Å². The molecule has 92 valence electrons. The number of rotatable bonds is 7. The van der Waals surface area contributed by atoms with Gasteiger partial charge in [-0.05, 0) is 33.8 Å². The summed E-state index contributed by atoms with van der Waals surface area (Å²) in [5.74, 6) is 0. The minimum Gasteiger partial charge on any atom is -0.377 e. The maximum Gasteiger partial charge on any atom is 0.0641 e. The van der Waals surface area contributed by atoms with Gasteiger partial charge in [0.1, 0.15) is 0 Å². The van der Waals surface area contributed by atoms with E-state index in [1.54, 1.807) is 0 Å². The maximum absolute atomic E-state index is 5.48. The summed E-state index contributed by atoms with van der Waals surface area (Å²) < 4.78 is 7.45. The van der Waals surface area contributed by atoms with Crippen LogP contribution in [0.5, 0.6) is 0 Å². The lowest BCUT2D eigenvalue weighted by Crippen LogP contribution is -2.36. The molecule has 2 atom stereocenters. The summed E-state index contributed by atoms with van der Waals surface area (Å²) in [6, 6.07) is 2.69. The predicted octanol–water partition coefficient (Wildman–Crippen LogP) is 1.85. The Morgan fingerprint density at radius 3 is 2.62 bits per heavy atom. The van der Waals surface area contributed by atoms with E-state index in [4.69, 9.17) is 4.74 Å². The Bertz CT molecular complexity index is 272. The summed E-state index contributed by atoms with van der Waals surface area (Å²) in [4.78, 5) is 0. The summed E-state index contributed by atoms with van der Waals surface area (Å²) in [5.41, 5.74) is 0. The van der Waals surface area contributed by atoms with Gasteiger partial charge in [-0.15, -0.1) is 0 Å². The molecular formula is C12H23N3O. The van der Waals surface area contributed by atoms with Gasteiger partial charge in [-0.1, -0.05) is 0 Å². The van der Waals surface area contributed by atoms with Crippen LogP contribution >= 0.6 is 0 Å². The maximum atomic E-state index is 5.48. The van der Waals surface area contributed by atoms with Crippen molar-refractivity contribution in [1.29, 1.82) is 0 Å². The van der Waals surface area contributed by atoms with Gasteiger partial charge in [0.25, 0.3) is 0 Å². The van der Waals surface area contributed by atoms with E-state index in [2.05, 4.69) is 38.1 Å². The molecule has 1 aromatic heterocycles. The second-order valence-corrected chi connectivity index (χ2v) is 4.39. The van der Waals surface area contributed by atoms with Crippen LogP contribution in [0.15, 0.2) is 18.5 Å². The molecular weight excluding hydrogens is 202 g/mol. The van der Waals surface area contributed by atoms with Gasteiger partial charge in [0, 0.05) is 25.0 Å². The van der Waals surface area contributed by atoms with E-state index in [9.17, 15) is 0 Å². The lowest BCUT2D eigenvalue weighted by molar-refractivity contribution is 0.0786. The van der Waals surface area contributed by atoms with Crippen molar-refractivity contribution in [3.8, 4) is 0 Å². The Balaban J connectivity index is 2.22. The highest BCUT2D eigenvalue weighted by atomic mass is 16.5. The van der Waals surface area contributed by atoms with Gasteiger partial charge in [0.15, 0.2) is 0 Å². The minimum absolute atomic E-state index is 0.306. The average molecular weight is 225 g/mol. The van der Waals surface area contributed by atoms with Crippen molar-refractivity contribution < 1.29 is 4.74 Å². The van der Waals surface area contributed by atoms with Gasteiger partial charge in [0.05, 0.1) is 18.8 Å². The van der Waals surface area contributed by atoms with Crippen LogP contribution in [0.3, 0.4) is 0 Å². The molecule has 1 heterocycles. The van der Waals surface area contributed by atoms with Crippen molar-refractivity contribution in [3.05, 3.63) is 18.5 Å². The van der Waals surface area contributed by atoms with Gasteiger partial charge in [0.2, 0.25) is 0 Å². The molecule has 4 nitrogen and oxygen atoms in total. The Morgan fingerprint density at radius 1 is 1.31 bits per heavy atom. The molecule has 0 radical (unpaired) electrons. The molecule has 0 spiro atoms. The summed E-state index contributed by atoms with van der Waals surface area (Å²) in [6.07, 6.45) is 4.11. The fraction of sp³-hybridized carbons (Fsp3) is 0.750. The highest BCUT2D eigenvalue weighted by Gasteiger charge is 2.12. The summed E-state index contributed by atoms with van der Waals surface area (Å²) in [6.45, 7) is 10.1. The van der Waals surface area contributed by atoms with Crippen LogP contribution in [0.2, 0.25) is 0 Å². The Hall–Kier alpha value is -0.870. The van der Waals surface area contributed by atoms with Gasteiger partial charge in [-0.3, -0.25) is 4.68 Å². The lowest BCUT2D eigenvalue weighted by Gasteiger charge is -2.22. The van der Waals surface area contributed by atoms with Gasteiger partial charge in [-0.2, -0.15) is 5.10 Å². The molecule has 16 heavy (non-hydrogen) atoms. The van der Waals surface area contributed by atoms with Crippen molar-refractivity contribution in [2.24, 2.45) is 0 Å². The Labute approximate surface area is 98.0 Å². The molecule has 0 saturated carbocycles. The fourth-order valence-corrected chi connectivity index (χ4v) is 1.50. The SMILES string of the molecule is CC(C)OCCN[C@H](C)[C@@H](C)n1cccn1. The number of aromatic nitrogens is 2.